The van der Waals surface area contributed by atoms with E-state index in [1.54, 1.807) is 30.9 Å². The van der Waals surface area contributed by atoms with Gasteiger partial charge in [0, 0.05) is 23.4 Å². The molecule has 2 unspecified atom stereocenters. The van der Waals surface area contributed by atoms with Gasteiger partial charge in [-0.25, -0.2) is 9.37 Å². The fraction of sp³-hybridized carbons (Fsp3) is 0.300. The average molecular weight is 386 g/mol. The molecule has 138 valence electrons. The first-order chi connectivity index (χ1) is 12.9. The topological polar surface area (TPSA) is 66.6 Å². The zero-order chi connectivity index (χ0) is 18.8. The summed E-state index contributed by atoms with van der Waals surface area (Å²) in [5.41, 5.74) is 0.936. The summed E-state index contributed by atoms with van der Waals surface area (Å²) in [5, 5.41) is 14.8. The molecule has 2 aromatic heterocycles. The van der Waals surface area contributed by atoms with Gasteiger partial charge in [0.25, 0.3) is 5.91 Å². The van der Waals surface area contributed by atoms with Gasteiger partial charge in [-0.15, -0.1) is 0 Å². The number of benzene rings is 1. The summed E-state index contributed by atoms with van der Waals surface area (Å²) in [5.74, 6) is -0.305. The van der Waals surface area contributed by atoms with E-state index < -0.39 is 11.4 Å². The lowest BCUT2D eigenvalue weighted by Gasteiger charge is -2.27. The van der Waals surface area contributed by atoms with Crippen molar-refractivity contribution in [2.24, 2.45) is 11.8 Å². The van der Waals surface area contributed by atoms with E-state index in [1.807, 2.05) is 4.40 Å². The number of halogens is 2. The summed E-state index contributed by atoms with van der Waals surface area (Å²) in [6.45, 7) is 0. The third-order valence-electron chi connectivity index (χ3n) is 5.85. The zero-order valence-corrected chi connectivity index (χ0v) is 15.0. The van der Waals surface area contributed by atoms with Crippen LogP contribution in [-0.2, 0) is 5.60 Å². The number of aliphatic hydroxyl groups is 1. The molecule has 1 amide bonds. The predicted molar refractivity (Wildman–Crippen MR) is 98.0 cm³/mol. The van der Waals surface area contributed by atoms with Crippen LogP contribution in [0.4, 0.5) is 4.39 Å². The van der Waals surface area contributed by atoms with Crippen molar-refractivity contribution in [2.45, 2.75) is 24.5 Å². The van der Waals surface area contributed by atoms with Crippen molar-refractivity contribution in [3.63, 3.8) is 0 Å². The number of hydrogen-bond donors (Lipinski definition) is 2. The van der Waals surface area contributed by atoms with Crippen molar-refractivity contribution >= 4 is 23.0 Å². The summed E-state index contributed by atoms with van der Waals surface area (Å²) in [6, 6.07) is 7.46. The van der Waals surface area contributed by atoms with Gasteiger partial charge in [0.1, 0.15) is 5.82 Å². The van der Waals surface area contributed by atoms with Gasteiger partial charge in [-0.2, -0.15) is 0 Å². The number of imidazole rings is 1. The summed E-state index contributed by atoms with van der Waals surface area (Å²) in [6.07, 6.45) is 6.23. The molecule has 0 radical (unpaired) electrons. The van der Waals surface area contributed by atoms with E-state index >= 15 is 0 Å². The first-order valence-electron chi connectivity index (χ1n) is 8.85. The van der Waals surface area contributed by atoms with Gasteiger partial charge in [-0.05, 0) is 48.9 Å². The number of rotatable bonds is 3. The molecule has 1 aromatic carbocycles. The van der Waals surface area contributed by atoms with Gasteiger partial charge in [0.05, 0.1) is 28.7 Å². The van der Waals surface area contributed by atoms with Crippen LogP contribution in [0.1, 0.15) is 28.8 Å². The fourth-order valence-electron chi connectivity index (χ4n) is 4.53. The first-order valence-corrected chi connectivity index (χ1v) is 9.23. The maximum Gasteiger partial charge on any atom is 0.251 e. The maximum atomic E-state index is 13.3. The fourth-order valence-corrected chi connectivity index (χ4v) is 4.75. The molecule has 2 heterocycles. The minimum Gasteiger partial charge on any atom is -0.385 e. The van der Waals surface area contributed by atoms with Gasteiger partial charge in [-0.1, -0.05) is 17.7 Å². The zero-order valence-electron chi connectivity index (χ0n) is 14.3. The van der Waals surface area contributed by atoms with Gasteiger partial charge < -0.3 is 14.8 Å². The molecule has 2 saturated carbocycles. The Hall–Kier alpha value is -2.44. The van der Waals surface area contributed by atoms with Crippen molar-refractivity contribution in [1.29, 1.82) is 0 Å². The normalized spacial score (nSPS) is 28.9. The molecule has 5 rings (SSSR count). The number of pyridine rings is 1. The monoisotopic (exact) mass is 385 g/mol. The van der Waals surface area contributed by atoms with Gasteiger partial charge in [0.15, 0.2) is 0 Å². The average Bonchev–Trinajstić information content (AvgIpc) is 3.01. The van der Waals surface area contributed by atoms with Crippen LogP contribution in [0.15, 0.2) is 49.1 Å². The molecular weight excluding hydrogens is 369 g/mol. The predicted octanol–water partition coefficient (Wildman–Crippen LogP) is 3.15. The molecule has 0 spiro atoms. The highest BCUT2D eigenvalue weighted by molar-refractivity contribution is 6.30. The third kappa shape index (κ3) is 2.71. The van der Waals surface area contributed by atoms with Gasteiger partial charge in [-0.3, -0.25) is 4.79 Å². The Morgan fingerprint density at radius 1 is 1.33 bits per heavy atom. The molecule has 0 aliphatic heterocycles. The van der Waals surface area contributed by atoms with Crippen LogP contribution >= 0.6 is 11.6 Å². The smallest absolute Gasteiger partial charge is 0.251 e. The van der Waals surface area contributed by atoms with E-state index in [9.17, 15) is 14.3 Å². The van der Waals surface area contributed by atoms with Crippen LogP contribution in [0.5, 0.6) is 0 Å². The second kappa shape index (κ2) is 5.78. The Labute approximate surface area is 159 Å². The molecule has 2 aliphatic rings. The summed E-state index contributed by atoms with van der Waals surface area (Å²) < 4.78 is 15.1. The highest BCUT2D eigenvalue weighted by Gasteiger charge is 2.62. The Kier molecular flexibility index (Phi) is 3.58. The lowest BCUT2D eigenvalue weighted by Crippen LogP contribution is -2.33. The highest BCUT2D eigenvalue weighted by Crippen LogP contribution is 2.60. The van der Waals surface area contributed by atoms with Crippen LogP contribution in [0.2, 0.25) is 5.02 Å². The van der Waals surface area contributed by atoms with Crippen molar-refractivity contribution in [2.75, 3.05) is 0 Å². The van der Waals surface area contributed by atoms with Crippen LogP contribution in [0.3, 0.4) is 0 Å². The molecule has 0 saturated heterocycles. The minimum atomic E-state index is -0.985. The molecule has 27 heavy (non-hydrogen) atoms. The molecule has 3 aromatic rings. The number of nitrogens with one attached hydrogen (secondary N) is 1. The number of carbonyl (C=O) groups is 1. The Balaban J connectivity index is 1.33. The van der Waals surface area contributed by atoms with E-state index in [0.29, 0.717) is 23.4 Å². The summed E-state index contributed by atoms with van der Waals surface area (Å²) in [4.78, 5) is 16.5. The Bertz CT molecular complexity index is 1050. The molecule has 2 N–H and O–H groups in total. The summed E-state index contributed by atoms with van der Waals surface area (Å²) in [7, 11) is 0. The molecule has 5 nitrogen and oxygen atoms in total. The number of nitrogens with zero attached hydrogens (tertiary/aromatic N) is 2. The number of fused-ring (bicyclic) bond motifs is 2. The number of aromatic nitrogens is 2. The van der Waals surface area contributed by atoms with Crippen molar-refractivity contribution in [3.05, 3.63) is 71.0 Å². The third-order valence-corrected chi connectivity index (χ3v) is 6.06. The van der Waals surface area contributed by atoms with Crippen molar-refractivity contribution in [1.82, 2.24) is 14.7 Å². The van der Waals surface area contributed by atoms with Crippen molar-refractivity contribution in [3.8, 4) is 0 Å². The molecule has 0 bridgehead atoms. The van der Waals surface area contributed by atoms with Crippen LogP contribution in [-0.4, -0.2) is 26.4 Å². The number of hydrogen-bond acceptors (Lipinski definition) is 3. The lowest BCUT2D eigenvalue weighted by atomic mass is 9.88. The quantitative estimate of drug-likeness (QED) is 0.727. The van der Waals surface area contributed by atoms with Gasteiger partial charge >= 0.3 is 0 Å². The van der Waals surface area contributed by atoms with E-state index in [4.69, 9.17) is 11.6 Å². The van der Waals surface area contributed by atoms with E-state index in [2.05, 4.69) is 10.3 Å². The highest BCUT2D eigenvalue weighted by atomic mass is 35.5. The van der Waals surface area contributed by atoms with E-state index in [1.165, 1.54) is 18.2 Å². The van der Waals surface area contributed by atoms with Gasteiger partial charge in [0.2, 0.25) is 0 Å². The minimum absolute atomic E-state index is 0.0150. The SMILES string of the molecule is O=C(NC1[C@H]2CC(O)(c3cc(Cl)cn4cncc34)C[C@@H]12)c1cccc(F)c1. The molecule has 4 atom stereocenters. The molecular formula is C20H17ClFN3O2. The lowest BCUT2D eigenvalue weighted by molar-refractivity contribution is 0.0289. The Morgan fingerprint density at radius 2 is 2.11 bits per heavy atom. The second-order valence-electron chi connectivity index (χ2n) is 7.54. The molecule has 2 fully saturated rings. The van der Waals surface area contributed by atoms with E-state index in [0.717, 1.165) is 11.1 Å². The maximum absolute atomic E-state index is 13.3. The Morgan fingerprint density at radius 3 is 2.85 bits per heavy atom. The second-order valence-corrected chi connectivity index (χ2v) is 7.97. The van der Waals surface area contributed by atoms with Crippen LogP contribution in [0.25, 0.3) is 5.52 Å². The largest absolute Gasteiger partial charge is 0.385 e. The van der Waals surface area contributed by atoms with E-state index in [-0.39, 0.29) is 23.8 Å². The number of carbonyl (C=O) groups excluding carboxylic acids is 1. The molecule has 7 heteroatoms. The van der Waals surface area contributed by atoms with Crippen LogP contribution in [0, 0.1) is 17.7 Å². The molecule has 2 aliphatic carbocycles. The summed E-state index contributed by atoms with van der Waals surface area (Å²) >= 11 is 6.20. The van der Waals surface area contributed by atoms with Crippen molar-refractivity contribution < 1.29 is 14.3 Å². The number of amides is 1. The van der Waals surface area contributed by atoms with Crippen LogP contribution < -0.4 is 5.32 Å². The first kappa shape index (κ1) is 16.7. The standard InChI is InChI=1S/C20H17ClFN3O2/c21-12-5-16(17-8-23-10-25(17)9-12)20(27)6-14-15(7-20)18(14)24-19(26)11-2-1-3-13(22)4-11/h1-5,8-10,14-15,18,27H,6-7H2,(H,24,26)/t14-,15+,18?,20?.